The summed E-state index contributed by atoms with van der Waals surface area (Å²) in [5.41, 5.74) is 3.16. The third kappa shape index (κ3) is 2.66. The lowest BCUT2D eigenvalue weighted by molar-refractivity contribution is -0.126. The number of benzene rings is 2. The number of hydrogen-bond acceptors (Lipinski definition) is 1. The molecule has 2 nitrogen and oxygen atoms in total. The minimum absolute atomic E-state index is 0.216. The molecule has 1 atom stereocenters. The minimum Gasteiger partial charge on any atom is -0.309 e. The highest BCUT2D eigenvalue weighted by molar-refractivity contribution is 5.99. The number of para-hydroxylation sites is 1. The lowest BCUT2D eigenvalue weighted by atomic mass is 9.84. The highest BCUT2D eigenvalue weighted by Gasteiger charge is 2.38. The molecule has 1 aliphatic rings. The maximum Gasteiger partial charge on any atom is 0.233 e. The van der Waals surface area contributed by atoms with Crippen molar-refractivity contribution in [1.82, 2.24) is 0 Å². The molecule has 0 bridgehead atoms. The van der Waals surface area contributed by atoms with Crippen molar-refractivity contribution in [3.8, 4) is 0 Å². The predicted octanol–water partition coefficient (Wildman–Crippen LogP) is 4.23. The standard InChI is InChI=1S/C20H23NO/c1-15-13-17-11-7-8-12-18(17)21(15)19(22)20(2,3)14-16-9-5-4-6-10-16/h4-12,15H,13-14H2,1-3H3. The Hall–Kier alpha value is -2.09. The van der Waals surface area contributed by atoms with Crippen LogP contribution in [0.15, 0.2) is 54.6 Å². The van der Waals surface area contributed by atoms with Gasteiger partial charge in [-0.1, -0.05) is 62.4 Å². The molecule has 1 heterocycles. The summed E-state index contributed by atoms with van der Waals surface area (Å²) in [6.45, 7) is 6.24. The van der Waals surface area contributed by atoms with Gasteiger partial charge in [0, 0.05) is 17.1 Å². The zero-order chi connectivity index (χ0) is 15.7. The molecule has 0 saturated heterocycles. The van der Waals surface area contributed by atoms with Crippen LogP contribution in [-0.4, -0.2) is 11.9 Å². The summed E-state index contributed by atoms with van der Waals surface area (Å²) < 4.78 is 0. The molecule has 2 aromatic carbocycles. The van der Waals surface area contributed by atoms with Crippen molar-refractivity contribution < 1.29 is 4.79 Å². The van der Waals surface area contributed by atoms with Crippen molar-refractivity contribution in [2.75, 3.05) is 4.90 Å². The molecule has 0 aromatic heterocycles. The summed E-state index contributed by atoms with van der Waals surface area (Å²) >= 11 is 0. The number of nitrogens with zero attached hydrogens (tertiary/aromatic N) is 1. The number of carbonyl (C=O) groups excluding carboxylic acids is 1. The monoisotopic (exact) mass is 293 g/mol. The molecular formula is C20H23NO. The van der Waals surface area contributed by atoms with Gasteiger partial charge in [-0.2, -0.15) is 0 Å². The Morgan fingerprint density at radius 3 is 2.45 bits per heavy atom. The van der Waals surface area contributed by atoms with Crippen molar-refractivity contribution in [1.29, 1.82) is 0 Å². The lowest BCUT2D eigenvalue weighted by Crippen LogP contribution is -2.45. The smallest absolute Gasteiger partial charge is 0.233 e. The van der Waals surface area contributed by atoms with E-state index in [1.807, 2.05) is 29.2 Å². The molecule has 0 N–H and O–H groups in total. The molecule has 0 radical (unpaired) electrons. The molecule has 2 heteroatoms. The van der Waals surface area contributed by atoms with E-state index in [4.69, 9.17) is 0 Å². The fourth-order valence-electron chi connectivity index (χ4n) is 3.38. The van der Waals surface area contributed by atoms with Crippen LogP contribution in [0, 0.1) is 5.41 Å². The molecule has 3 rings (SSSR count). The van der Waals surface area contributed by atoms with E-state index in [2.05, 4.69) is 51.1 Å². The Morgan fingerprint density at radius 1 is 1.09 bits per heavy atom. The van der Waals surface area contributed by atoms with Gasteiger partial charge < -0.3 is 4.90 Å². The zero-order valence-electron chi connectivity index (χ0n) is 13.5. The molecule has 1 unspecified atom stereocenters. The quantitative estimate of drug-likeness (QED) is 0.829. The van der Waals surface area contributed by atoms with Crippen LogP contribution < -0.4 is 4.90 Å². The summed E-state index contributed by atoms with van der Waals surface area (Å²) in [7, 11) is 0. The van der Waals surface area contributed by atoms with E-state index in [0.717, 1.165) is 18.5 Å². The van der Waals surface area contributed by atoms with Crippen LogP contribution >= 0.6 is 0 Å². The molecular weight excluding hydrogens is 270 g/mol. The van der Waals surface area contributed by atoms with Crippen molar-refractivity contribution in [2.24, 2.45) is 5.41 Å². The van der Waals surface area contributed by atoms with E-state index in [0.29, 0.717) is 0 Å². The molecule has 0 saturated carbocycles. The highest BCUT2D eigenvalue weighted by atomic mass is 16.2. The SMILES string of the molecule is CC1Cc2ccccc2N1C(=O)C(C)(C)Cc1ccccc1. The van der Waals surface area contributed by atoms with E-state index in [1.54, 1.807) is 0 Å². The molecule has 22 heavy (non-hydrogen) atoms. The highest BCUT2D eigenvalue weighted by Crippen LogP contribution is 2.36. The van der Waals surface area contributed by atoms with Gasteiger partial charge in [0.15, 0.2) is 0 Å². The second-order valence-electron chi connectivity index (χ2n) is 6.90. The van der Waals surface area contributed by atoms with E-state index >= 15 is 0 Å². The van der Waals surface area contributed by atoms with Crippen molar-refractivity contribution in [3.63, 3.8) is 0 Å². The molecule has 0 aliphatic carbocycles. The van der Waals surface area contributed by atoms with Gasteiger partial charge in [0.25, 0.3) is 0 Å². The maximum absolute atomic E-state index is 13.2. The first kappa shape index (κ1) is 14.8. The Balaban J connectivity index is 1.87. The van der Waals surface area contributed by atoms with Crippen molar-refractivity contribution in [2.45, 2.75) is 39.7 Å². The van der Waals surface area contributed by atoms with E-state index in [9.17, 15) is 4.79 Å². The van der Waals surface area contributed by atoms with Gasteiger partial charge in [-0.05, 0) is 37.0 Å². The first-order chi connectivity index (χ1) is 10.5. The average molecular weight is 293 g/mol. The number of hydrogen-bond donors (Lipinski definition) is 0. The number of amides is 1. The Labute approximate surface area is 132 Å². The zero-order valence-corrected chi connectivity index (χ0v) is 13.5. The Morgan fingerprint density at radius 2 is 1.73 bits per heavy atom. The van der Waals surface area contributed by atoms with Crippen LogP contribution in [0.2, 0.25) is 0 Å². The van der Waals surface area contributed by atoms with Crippen LogP contribution in [0.4, 0.5) is 5.69 Å². The third-order valence-corrected chi connectivity index (χ3v) is 4.49. The minimum atomic E-state index is -0.410. The van der Waals surface area contributed by atoms with Crippen molar-refractivity contribution >= 4 is 11.6 Å². The van der Waals surface area contributed by atoms with Gasteiger partial charge in [-0.25, -0.2) is 0 Å². The summed E-state index contributed by atoms with van der Waals surface area (Å²) in [6, 6.07) is 18.8. The van der Waals surface area contributed by atoms with Gasteiger partial charge in [-0.3, -0.25) is 4.79 Å². The first-order valence-corrected chi connectivity index (χ1v) is 7.94. The number of carbonyl (C=O) groups is 1. The van der Waals surface area contributed by atoms with E-state index in [1.165, 1.54) is 11.1 Å². The Bertz CT molecular complexity index is 675. The van der Waals surface area contributed by atoms with Crippen molar-refractivity contribution in [3.05, 3.63) is 65.7 Å². The fourth-order valence-corrected chi connectivity index (χ4v) is 3.38. The van der Waals surface area contributed by atoms with Gasteiger partial charge in [0.1, 0.15) is 0 Å². The largest absolute Gasteiger partial charge is 0.309 e. The summed E-state index contributed by atoms with van der Waals surface area (Å²) in [6.07, 6.45) is 1.71. The van der Waals surface area contributed by atoms with Gasteiger partial charge in [0.05, 0.1) is 0 Å². The fraction of sp³-hybridized carbons (Fsp3) is 0.350. The van der Waals surface area contributed by atoms with E-state index < -0.39 is 5.41 Å². The third-order valence-electron chi connectivity index (χ3n) is 4.49. The van der Waals surface area contributed by atoms with Crippen LogP contribution in [0.5, 0.6) is 0 Å². The predicted molar refractivity (Wildman–Crippen MR) is 91.0 cm³/mol. The second-order valence-corrected chi connectivity index (χ2v) is 6.90. The Kier molecular flexibility index (Phi) is 3.78. The lowest BCUT2D eigenvalue weighted by Gasteiger charge is -2.32. The van der Waals surface area contributed by atoms with Gasteiger partial charge in [-0.15, -0.1) is 0 Å². The molecule has 2 aromatic rings. The normalized spacial score (nSPS) is 17.4. The number of fused-ring (bicyclic) bond motifs is 1. The van der Waals surface area contributed by atoms with Gasteiger partial charge in [0.2, 0.25) is 5.91 Å². The van der Waals surface area contributed by atoms with Gasteiger partial charge >= 0.3 is 0 Å². The molecule has 0 spiro atoms. The second kappa shape index (κ2) is 5.60. The molecule has 1 amide bonds. The van der Waals surface area contributed by atoms with Crippen LogP contribution in [0.25, 0.3) is 0 Å². The molecule has 0 fully saturated rings. The average Bonchev–Trinajstić information content (AvgIpc) is 2.82. The maximum atomic E-state index is 13.2. The first-order valence-electron chi connectivity index (χ1n) is 7.94. The summed E-state index contributed by atoms with van der Waals surface area (Å²) in [4.78, 5) is 15.2. The molecule has 1 aliphatic heterocycles. The summed E-state index contributed by atoms with van der Waals surface area (Å²) in [5.74, 6) is 0.216. The van der Waals surface area contributed by atoms with E-state index in [-0.39, 0.29) is 11.9 Å². The topological polar surface area (TPSA) is 20.3 Å². The van der Waals surface area contributed by atoms with Crippen LogP contribution in [0.3, 0.4) is 0 Å². The summed E-state index contributed by atoms with van der Waals surface area (Å²) in [5, 5.41) is 0. The number of rotatable bonds is 3. The molecule has 114 valence electrons. The van der Waals surface area contributed by atoms with Crippen LogP contribution in [0.1, 0.15) is 31.9 Å². The van der Waals surface area contributed by atoms with Crippen LogP contribution in [-0.2, 0) is 17.6 Å². The number of anilines is 1.